The minimum atomic E-state index is -0.999. The number of carboxylic acids is 1. The fraction of sp³-hybridized carbons (Fsp3) is 0.0714. The predicted octanol–water partition coefficient (Wildman–Crippen LogP) is 5.82. The molecule has 0 aliphatic heterocycles. The molecule has 0 aliphatic carbocycles. The molecule has 4 aromatic rings. The molecule has 0 bridgehead atoms. The van der Waals surface area contributed by atoms with Crippen LogP contribution in [-0.4, -0.2) is 22.9 Å². The molecule has 4 aromatic carbocycles. The molecular weight excluding hydrogens is 414 g/mol. The zero-order valence-corrected chi connectivity index (χ0v) is 17.8. The van der Waals surface area contributed by atoms with Gasteiger partial charge in [0.05, 0.1) is 0 Å². The van der Waals surface area contributed by atoms with Crippen LogP contribution in [-0.2, 0) is 11.2 Å². The Morgan fingerprint density at radius 3 is 1.97 bits per heavy atom. The van der Waals surface area contributed by atoms with E-state index < -0.39 is 12.0 Å². The van der Waals surface area contributed by atoms with Crippen molar-refractivity contribution in [1.82, 2.24) is 0 Å². The van der Waals surface area contributed by atoms with Crippen molar-refractivity contribution in [3.63, 3.8) is 0 Å². The van der Waals surface area contributed by atoms with Gasteiger partial charge in [-0.2, -0.15) is 0 Å². The van der Waals surface area contributed by atoms with Gasteiger partial charge in [0, 0.05) is 23.2 Å². The van der Waals surface area contributed by atoms with E-state index in [-0.39, 0.29) is 12.2 Å². The summed E-state index contributed by atoms with van der Waals surface area (Å²) in [5.74, 6) is 0.241. The summed E-state index contributed by atoms with van der Waals surface area (Å²) in [7, 11) is 0. The maximum atomic E-state index is 13.0. The molecule has 0 unspecified atom stereocenters. The number of aliphatic carboxylic acids is 1. The van der Waals surface area contributed by atoms with E-state index in [1.807, 2.05) is 60.7 Å². The summed E-state index contributed by atoms with van der Waals surface area (Å²) < 4.78 is 5.80. The number of anilines is 1. The Morgan fingerprint density at radius 2 is 1.30 bits per heavy atom. The number of ketones is 1. The molecule has 0 saturated carbocycles. The summed E-state index contributed by atoms with van der Waals surface area (Å²) in [6.07, 6.45) is 0.245. The van der Waals surface area contributed by atoms with Crippen LogP contribution < -0.4 is 10.1 Å². The largest absolute Gasteiger partial charge is 0.480 e. The molecule has 0 spiro atoms. The van der Waals surface area contributed by atoms with E-state index in [1.54, 1.807) is 48.5 Å². The SMILES string of the molecule is O=C(c1ccccc1)c1ccccc1N[C@@H](Cc1ccc(Oc2ccccc2)cc1)C(=O)O. The topological polar surface area (TPSA) is 75.6 Å². The molecule has 2 N–H and O–H groups in total. The number of hydrogen-bond donors (Lipinski definition) is 2. The summed E-state index contributed by atoms with van der Waals surface area (Å²) >= 11 is 0. The Kier molecular flexibility index (Phi) is 6.81. The standard InChI is InChI=1S/C28H23NO4/c30-27(21-9-3-1-4-10-21)24-13-7-8-14-25(24)29-26(28(31)32)19-20-15-17-23(18-16-20)33-22-11-5-2-6-12-22/h1-18,26,29H,19H2,(H,31,32)/t26-/m0/s1. The fourth-order valence-corrected chi connectivity index (χ4v) is 3.49. The van der Waals surface area contributed by atoms with Crippen molar-refractivity contribution in [3.8, 4) is 11.5 Å². The summed E-state index contributed by atoms with van der Waals surface area (Å²) in [5.41, 5.74) is 2.30. The molecule has 5 nitrogen and oxygen atoms in total. The Morgan fingerprint density at radius 1 is 0.727 bits per heavy atom. The quantitative estimate of drug-likeness (QED) is 0.323. The highest BCUT2D eigenvalue weighted by Gasteiger charge is 2.21. The molecule has 33 heavy (non-hydrogen) atoms. The van der Waals surface area contributed by atoms with Crippen LogP contribution in [0.2, 0.25) is 0 Å². The third kappa shape index (κ3) is 5.66. The van der Waals surface area contributed by atoms with Crippen LogP contribution in [0.25, 0.3) is 0 Å². The Hall–Kier alpha value is -4.38. The highest BCUT2D eigenvalue weighted by molar-refractivity contribution is 6.12. The zero-order chi connectivity index (χ0) is 23.0. The summed E-state index contributed by atoms with van der Waals surface area (Å²) in [6, 6.07) is 31.8. The molecule has 164 valence electrons. The predicted molar refractivity (Wildman–Crippen MR) is 128 cm³/mol. The van der Waals surface area contributed by atoms with Crippen molar-refractivity contribution in [3.05, 3.63) is 126 Å². The van der Waals surface area contributed by atoms with Gasteiger partial charge in [0.15, 0.2) is 5.78 Å². The van der Waals surface area contributed by atoms with E-state index in [4.69, 9.17) is 4.74 Å². The maximum absolute atomic E-state index is 13.0. The number of carbonyl (C=O) groups excluding carboxylic acids is 1. The third-order valence-corrected chi connectivity index (χ3v) is 5.18. The first kappa shape index (κ1) is 21.8. The highest BCUT2D eigenvalue weighted by Crippen LogP contribution is 2.23. The molecule has 0 fully saturated rings. The first-order valence-electron chi connectivity index (χ1n) is 10.6. The molecule has 0 heterocycles. The van der Waals surface area contributed by atoms with Crippen LogP contribution in [0.4, 0.5) is 5.69 Å². The molecule has 0 saturated heterocycles. The van der Waals surface area contributed by atoms with Gasteiger partial charge in [-0.05, 0) is 42.0 Å². The highest BCUT2D eigenvalue weighted by atomic mass is 16.5. The van der Waals surface area contributed by atoms with Crippen LogP contribution in [0, 0.1) is 0 Å². The van der Waals surface area contributed by atoms with Crippen LogP contribution in [0.3, 0.4) is 0 Å². The van der Waals surface area contributed by atoms with Crippen LogP contribution in [0.1, 0.15) is 21.5 Å². The zero-order valence-electron chi connectivity index (χ0n) is 17.8. The average Bonchev–Trinajstić information content (AvgIpc) is 2.86. The van der Waals surface area contributed by atoms with Crippen molar-refractivity contribution < 1.29 is 19.4 Å². The lowest BCUT2D eigenvalue weighted by molar-refractivity contribution is -0.137. The normalized spacial score (nSPS) is 11.4. The van der Waals surface area contributed by atoms with E-state index in [0.717, 1.165) is 11.3 Å². The Balaban J connectivity index is 1.49. The molecule has 1 atom stereocenters. The lowest BCUT2D eigenvalue weighted by Gasteiger charge is -2.18. The second-order valence-corrected chi connectivity index (χ2v) is 7.54. The first-order chi connectivity index (χ1) is 16.1. The monoisotopic (exact) mass is 437 g/mol. The summed E-state index contributed by atoms with van der Waals surface area (Å²) in [6.45, 7) is 0. The second kappa shape index (κ2) is 10.3. The minimum absolute atomic E-state index is 0.162. The van der Waals surface area contributed by atoms with Crippen LogP contribution >= 0.6 is 0 Å². The average molecular weight is 437 g/mol. The van der Waals surface area contributed by atoms with E-state index >= 15 is 0 Å². The number of ether oxygens (including phenoxy) is 1. The smallest absolute Gasteiger partial charge is 0.326 e. The van der Waals surface area contributed by atoms with E-state index in [9.17, 15) is 14.7 Å². The van der Waals surface area contributed by atoms with Crippen molar-refractivity contribution in [2.45, 2.75) is 12.5 Å². The van der Waals surface area contributed by atoms with Crippen LogP contribution in [0.5, 0.6) is 11.5 Å². The minimum Gasteiger partial charge on any atom is -0.480 e. The van der Waals surface area contributed by atoms with Crippen molar-refractivity contribution in [2.75, 3.05) is 5.32 Å². The lowest BCUT2D eigenvalue weighted by atomic mass is 10.00. The van der Waals surface area contributed by atoms with Gasteiger partial charge in [-0.25, -0.2) is 4.79 Å². The van der Waals surface area contributed by atoms with E-state index in [2.05, 4.69) is 5.32 Å². The van der Waals surface area contributed by atoms with Gasteiger partial charge in [0.2, 0.25) is 0 Å². The van der Waals surface area contributed by atoms with Gasteiger partial charge in [-0.1, -0.05) is 72.8 Å². The number of para-hydroxylation sites is 2. The molecule has 0 aliphatic rings. The van der Waals surface area contributed by atoms with Gasteiger partial charge < -0.3 is 15.2 Å². The third-order valence-electron chi connectivity index (χ3n) is 5.18. The first-order valence-corrected chi connectivity index (χ1v) is 10.6. The molecule has 0 aromatic heterocycles. The second-order valence-electron chi connectivity index (χ2n) is 7.54. The van der Waals surface area contributed by atoms with Gasteiger partial charge in [-0.3, -0.25) is 4.79 Å². The number of nitrogens with one attached hydrogen (secondary N) is 1. The van der Waals surface area contributed by atoms with Crippen molar-refractivity contribution in [1.29, 1.82) is 0 Å². The van der Waals surface area contributed by atoms with Gasteiger partial charge >= 0.3 is 5.97 Å². The molecule has 0 radical (unpaired) electrons. The summed E-state index contributed by atoms with van der Waals surface area (Å²) in [4.78, 5) is 25.0. The summed E-state index contributed by atoms with van der Waals surface area (Å²) in [5, 5.41) is 12.9. The number of carboxylic acid groups (broad SMARTS) is 1. The van der Waals surface area contributed by atoms with Crippen LogP contribution in [0.15, 0.2) is 109 Å². The molecule has 5 heteroatoms. The van der Waals surface area contributed by atoms with E-state index in [0.29, 0.717) is 22.6 Å². The van der Waals surface area contributed by atoms with Gasteiger partial charge in [0.25, 0.3) is 0 Å². The van der Waals surface area contributed by atoms with Crippen molar-refractivity contribution in [2.24, 2.45) is 0 Å². The number of carbonyl (C=O) groups is 2. The van der Waals surface area contributed by atoms with E-state index in [1.165, 1.54) is 0 Å². The molecule has 0 amide bonds. The molecule has 4 rings (SSSR count). The number of benzene rings is 4. The van der Waals surface area contributed by atoms with Gasteiger partial charge in [0.1, 0.15) is 17.5 Å². The maximum Gasteiger partial charge on any atom is 0.326 e. The fourth-order valence-electron chi connectivity index (χ4n) is 3.49. The Labute approximate surface area is 192 Å². The molecular formula is C28H23NO4. The van der Waals surface area contributed by atoms with Gasteiger partial charge in [-0.15, -0.1) is 0 Å². The number of hydrogen-bond acceptors (Lipinski definition) is 4. The lowest BCUT2D eigenvalue weighted by Crippen LogP contribution is -2.32. The number of rotatable bonds is 9. The Bertz CT molecular complexity index is 1220. The van der Waals surface area contributed by atoms with Crippen molar-refractivity contribution >= 4 is 17.4 Å².